The van der Waals surface area contributed by atoms with E-state index in [0.717, 1.165) is 0 Å². The fourth-order valence-electron chi connectivity index (χ4n) is 2.26. The van der Waals surface area contributed by atoms with E-state index in [-0.39, 0.29) is 22.0 Å². The molecule has 3 rings (SSSR count). The molecule has 0 bridgehead atoms. The second-order valence-electron chi connectivity index (χ2n) is 5.24. The van der Waals surface area contributed by atoms with Crippen LogP contribution < -0.4 is 0 Å². The quantitative estimate of drug-likeness (QED) is 0.389. The van der Waals surface area contributed by atoms with Crippen molar-refractivity contribution in [1.82, 2.24) is 9.97 Å². The van der Waals surface area contributed by atoms with Crippen molar-refractivity contribution in [1.29, 1.82) is 5.26 Å². The summed E-state index contributed by atoms with van der Waals surface area (Å²) in [7, 11) is 0. The van der Waals surface area contributed by atoms with Gasteiger partial charge >= 0.3 is 5.97 Å². The molecule has 0 unspecified atom stereocenters. The van der Waals surface area contributed by atoms with Gasteiger partial charge in [-0.05, 0) is 30.3 Å². The number of halogens is 2. The van der Waals surface area contributed by atoms with Gasteiger partial charge in [-0.25, -0.2) is 9.78 Å². The van der Waals surface area contributed by atoms with Crippen molar-refractivity contribution in [3.05, 3.63) is 69.7 Å². The number of para-hydroxylation sites is 2. The molecule has 130 valence electrons. The van der Waals surface area contributed by atoms with Gasteiger partial charge in [-0.15, -0.1) is 0 Å². The van der Waals surface area contributed by atoms with Gasteiger partial charge in [0.25, 0.3) is 0 Å². The Morgan fingerprint density at radius 2 is 2.04 bits per heavy atom. The summed E-state index contributed by atoms with van der Waals surface area (Å²) in [5, 5.41) is 20.0. The Balaban J connectivity index is 1.82. The van der Waals surface area contributed by atoms with Gasteiger partial charge in [0.05, 0.1) is 21.6 Å². The first-order valence-electron chi connectivity index (χ1n) is 7.39. The van der Waals surface area contributed by atoms with Crippen LogP contribution in [0.15, 0.2) is 48.2 Å². The average Bonchev–Trinajstić information content (AvgIpc) is 3.06. The van der Waals surface area contributed by atoms with Gasteiger partial charge in [0.2, 0.25) is 0 Å². The molecule has 0 saturated heterocycles. The highest BCUT2D eigenvalue weighted by molar-refractivity contribution is 6.35. The van der Waals surface area contributed by atoms with Crippen molar-refractivity contribution < 1.29 is 14.6 Å². The molecule has 0 spiro atoms. The Kier molecular flexibility index (Phi) is 5.12. The molecule has 2 aromatic carbocycles. The zero-order valence-corrected chi connectivity index (χ0v) is 14.7. The van der Waals surface area contributed by atoms with Crippen LogP contribution in [-0.2, 0) is 4.74 Å². The zero-order chi connectivity index (χ0) is 18.7. The number of nitriles is 1. The monoisotopic (exact) mass is 387 g/mol. The molecule has 0 saturated carbocycles. The number of esters is 1. The van der Waals surface area contributed by atoms with Crippen molar-refractivity contribution in [2.75, 3.05) is 6.61 Å². The standard InChI is InChI=1S/C18H11Cl2N3O3/c19-10-5-6-13(20)11(7-10)18(25)26-9-16(24)12(8-21)17-22-14-3-1-2-4-15(14)23-17/h1-7,24H,9H2,(H,22,23)/b16-12+. The summed E-state index contributed by atoms with van der Waals surface area (Å²) in [6, 6.07) is 13.4. The number of fused-ring (bicyclic) bond motifs is 1. The van der Waals surface area contributed by atoms with Crippen molar-refractivity contribution in [3.8, 4) is 6.07 Å². The molecule has 0 radical (unpaired) electrons. The lowest BCUT2D eigenvalue weighted by molar-refractivity contribution is 0.0503. The number of ether oxygens (including phenoxy) is 1. The molecule has 0 amide bonds. The second-order valence-corrected chi connectivity index (χ2v) is 6.08. The summed E-state index contributed by atoms with van der Waals surface area (Å²) in [5.74, 6) is -1.02. The highest BCUT2D eigenvalue weighted by Crippen LogP contribution is 2.22. The fraction of sp³-hybridized carbons (Fsp3) is 0.0556. The number of aromatic nitrogens is 2. The van der Waals surface area contributed by atoms with E-state index >= 15 is 0 Å². The number of H-pyrrole nitrogens is 1. The lowest BCUT2D eigenvalue weighted by Crippen LogP contribution is -2.10. The molecule has 1 aromatic heterocycles. The van der Waals surface area contributed by atoms with Crippen LogP contribution in [-0.4, -0.2) is 27.7 Å². The van der Waals surface area contributed by atoms with E-state index < -0.39 is 18.3 Å². The van der Waals surface area contributed by atoms with E-state index in [2.05, 4.69) is 9.97 Å². The van der Waals surface area contributed by atoms with Crippen molar-refractivity contribution in [2.24, 2.45) is 0 Å². The number of rotatable bonds is 4. The summed E-state index contributed by atoms with van der Waals surface area (Å²) in [6.45, 7) is -0.512. The van der Waals surface area contributed by atoms with E-state index in [0.29, 0.717) is 16.1 Å². The fourth-order valence-corrected chi connectivity index (χ4v) is 2.63. The molecule has 0 atom stereocenters. The molecule has 3 aromatic rings. The van der Waals surface area contributed by atoms with Crippen molar-refractivity contribution in [3.63, 3.8) is 0 Å². The number of aliphatic hydroxyl groups excluding tert-OH is 1. The van der Waals surface area contributed by atoms with Crippen LogP contribution >= 0.6 is 23.2 Å². The van der Waals surface area contributed by atoms with Crippen LogP contribution in [0.4, 0.5) is 0 Å². The Morgan fingerprint density at radius 1 is 1.27 bits per heavy atom. The van der Waals surface area contributed by atoms with Crippen LogP contribution in [0.5, 0.6) is 0 Å². The average molecular weight is 388 g/mol. The first-order chi connectivity index (χ1) is 12.5. The van der Waals surface area contributed by atoms with Crippen LogP contribution in [0, 0.1) is 11.3 Å². The third kappa shape index (κ3) is 3.64. The molecule has 0 fully saturated rings. The van der Waals surface area contributed by atoms with Crippen LogP contribution in [0.1, 0.15) is 16.2 Å². The number of hydrogen-bond acceptors (Lipinski definition) is 5. The first-order valence-corrected chi connectivity index (χ1v) is 8.14. The van der Waals surface area contributed by atoms with Gasteiger partial charge in [-0.1, -0.05) is 35.3 Å². The highest BCUT2D eigenvalue weighted by atomic mass is 35.5. The summed E-state index contributed by atoms with van der Waals surface area (Å²) in [4.78, 5) is 19.3. The second kappa shape index (κ2) is 7.48. The number of allylic oxidation sites excluding steroid dienone is 1. The number of nitrogens with one attached hydrogen (secondary N) is 1. The minimum atomic E-state index is -0.772. The number of nitrogens with zero attached hydrogens (tertiary/aromatic N) is 2. The molecule has 8 heteroatoms. The number of carbonyl (C=O) groups is 1. The minimum Gasteiger partial charge on any atom is -0.507 e. The van der Waals surface area contributed by atoms with Gasteiger partial charge in [-0.3, -0.25) is 0 Å². The van der Waals surface area contributed by atoms with Gasteiger partial charge < -0.3 is 14.8 Å². The molecule has 26 heavy (non-hydrogen) atoms. The maximum atomic E-state index is 12.1. The Bertz CT molecular complexity index is 1030. The molecule has 0 aliphatic heterocycles. The number of hydrogen-bond donors (Lipinski definition) is 2. The van der Waals surface area contributed by atoms with E-state index in [1.165, 1.54) is 18.2 Å². The highest BCUT2D eigenvalue weighted by Gasteiger charge is 2.17. The number of aromatic amines is 1. The van der Waals surface area contributed by atoms with Gasteiger partial charge in [-0.2, -0.15) is 5.26 Å². The molecule has 2 N–H and O–H groups in total. The lowest BCUT2D eigenvalue weighted by atomic mass is 10.2. The van der Waals surface area contributed by atoms with Gasteiger partial charge in [0.1, 0.15) is 18.2 Å². The summed E-state index contributed by atoms with van der Waals surface area (Å²) < 4.78 is 5.02. The molecular weight excluding hydrogens is 377 g/mol. The van der Waals surface area contributed by atoms with Gasteiger partial charge in [0.15, 0.2) is 11.6 Å². The van der Waals surface area contributed by atoms with E-state index in [1.54, 1.807) is 18.2 Å². The van der Waals surface area contributed by atoms with Crippen LogP contribution in [0.25, 0.3) is 16.6 Å². The van der Waals surface area contributed by atoms with E-state index in [9.17, 15) is 15.2 Å². The van der Waals surface area contributed by atoms with Crippen LogP contribution in [0.2, 0.25) is 10.0 Å². The number of carbonyl (C=O) groups excluding carboxylic acids is 1. The minimum absolute atomic E-state index is 0.0641. The lowest BCUT2D eigenvalue weighted by Gasteiger charge is -2.07. The van der Waals surface area contributed by atoms with E-state index in [4.69, 9.17) is 27.9 Å². The number of benzene rings is 2. The molecule has 0 aliphatic rings. The smallest absolute Gasteiger partial charge is 0.340 e. The number of imidazole rings is 1. The summed E-state index contributed by atoms with van der Waals surface area (Å²) >= 11 is 11.8. The Labute approximate surface area is 158 Å². The van der Waals surface area contributed by atoms with E-state index in [1.807, 2.05) is 12.1 Å². The van der Waals surface area contributed by atoms with Gasteiger partial charge in [0, 0.05) is 5.02 Å². The third-order valence-corrected chi connectivity index (χ3v) is 4.08. The predicted octanol–water partition coefficient (Wildman–Crippen LogP) is 4.52. The normalized spacial score (nSPS) is 11.7. The Hall–Kier alpha value is -3.01. The molecule has 1 heterocycles. The molecular formula is C18H11Cl2N3O3. The topological polar surface area (TPSA) is 99.0 Å². The summed E-state index contributed by atoms with van der Waals surface area (Å²) in [5.41, 5.74) is 1.30. The third-order valence-electron chi connectivity index (χ3n) is 3.51. The molecule has 6 nitrogen and oxygen atoms in total. The predicted molar refractivity (Wildman–Crippen MR) is 98.0 cm³/mol. The first kappa shape index (κ1) is 17.8. The Morgan fingerprint density at radius 3 is 2.77 bits per heavy atom. The maximum Gasteiger partial charge on any atom is 0.340 e. The van der Waals surface area contributed by atoms with Crippen molar-refractivity contribution >= 4 is 45.8 Å². The SMILES string of the molecule is N#C/C(=C(\O)COC(=O)c1cc(Cl)ccc1Cl)c1nc2ccccc2[nH]1. The molecule has 0 aliphatic carbocycles. The van der Waals surface area contributed by atoms with Crippen LogP contribution in [0.3, 0.4) is 0 Å². The largest absolute Gasteiger partial charge is 0.507 e. The zero-order valence-electron chi connectivity index (χ0n) is 13.2. The number of aliphatic hydroxyl groups is 1. The summed E-state index contributed by atoms with van der Waals surface area (Å²) in [6.07, 6.45) is 0. The van der Waals surface area contributed by atoms with Crippen molar-refractivity contribution in [2.45, 2.75) is 0 Å². The maximum absolute atomic E-state index is 12.1.